The van der Waals surface area contributed by atoms with Crippen molar-refractivity contribution < 1.29 is 4.74 Å². The molecule has 0 amide bonds. The highest BCUT2D eigenvalue weighted by molar-refractivity contribution is 8.93. The van der Waals surface area contributed by atoms with E-state index >= 15 is 0 Å². The summed E-state index contributed by atoms with van der Waals surface area (Å²) in [5, 5.41) is 18.0. The molecule has 1 aliphatic rings. The average Bonchev–Trinajstić information content (AvgIpc) is 2.81. The Bertz CT molecular complexity index is 728. The van der Waals surface area contributed by atoms with Gasteiger partial charge in [0.05, 0.1) is 12.7 Å². The highest BCUT2D eigenvalue weighted by Gasteiger charge is 2.17. The molecule has 0 saturated carbocycles. The van der Waals surface area contributed by atoms with Gasteiger partial charge in [0.25, 0.3) is 0 Å². The van der Waals surface area contributed by atoms with Crippen molar-refractivity contribution in [3.63, 3.8) is 0 Å². The van der Waals surface area contributed by atoms with Crippen LogP contribution in [0.2, 0.25) is 0 Å². The molecule has 0 fully saturated rings. The van der Waals surface area contributed by atoms with Crippen molar-refractivity contribution in [3.05, 3.63) is 41.5 Å². The number of rotatable bonds is 3. The molecule has 0 atom stereocenters. The first-order valence-electron chi connectivity index (χ1n) is 7.50. The number of halogens is 1. The van der Waals surface area contributed by atoms with E-state index < -0.39 is 0 Å². The van der Waals surface area contributed by atoms with Crippen LogP contribution in [0.15, 0.2) is 24.3 Å². The molecule has 0 aliphatic carbocycles. The first-order chi connectivity index (χ1) is 10.8. The molecule has 1 aromatic heterocycles. The number of methoxy groups -OCH3 is 1. The Labute approximate surface area is 146 Å². The van der Waals surface area contributed by atoms with Crippen molar-refractivity contribution in [2.45, 2.75) is 32.2 Å². The molecule has 1 aromatic carbocycles. The van der Waals surface area contributed by atoms with E-state index in [1.165, 1.54) is 6.42 Å². The Morgan fingerprint density at radius 1 is 1.22 bits per heavy atom. The third-order valence-electron chi connectivity index (χ3n) is 3.90. The summed E-state index contributed by atoms with van der Waals surface area (Å²) >= 11 is 0. The molecule has 0 N–H and O–H groups in total. The summed E-state index contributed by atoms with van der Waals surface area (Å²) in [7, 11) is 1.64. The molecule has 3 rings (SSSR count). The fraction of sp³-hybridized carbons (Fsp3) is 0.353. The number of nitriles is 1. The number of aryl methyl sites for hydroxylation is 1. The van der Waals surface area contributed by atoms with Gasteiger partial charge in [-0.25, -0.2) is 0 Å². The van der Waals surface area contributed by atoms with Crippen molar-refractivity contribution in [2.24, 2.45) is 0 Å². The van der Waals surface area contributed by atoms with E-state index in [0.29, 0.717) is 11.4 Å². The highest BCUT2D eigenvalue weighted by Crippen LogP contribution is 2.22. The van der Waals surface area contributed by atoms with Gasteiger partial charge in [-0.2, -0.15) is 5.26 Å². The molecule has 120 valence electrons. The van der Waals surface area contributed by atoms with E-state index in [1.807, 2.05) is 30.3 Å². The Kier molecular flexibility index (Phi) is 5.94. The maximum Gasteiger partial charge on any atom is 0.174 e. The van der Waals surface area contributed by atoms with Crippen LogP contribution in [0, 0.1) is 11.3 Å². The van der Waals surface area contributed by atoms with Crippen LogP contribution in [0.25, 0.3) is 11.6 Å². The predicted octanol–water partition coefficient (Wildman–Crippen LogP) is 3.66. The third kappa shape index (κ3) is 3.80. The highest BCUT2D eigenvalue weighted by atomic mass is 79.9. The number of benzene rings is 1. The smallest absolute Gasteiger partial charge is 0.174 e. The molecule has 0 unspecified atom stereocenters. The molecule has 2 aromatic rings. The average molecular weight is 375 g/mol. The van der Waals surface area contributed by atoms with Crippen LogP contribution in [-0.4, -0.2) is 21.9 Å². The van der Waals surface area contributed by atoms with Crippen LogP contribution in [-0.2, 0) is 13.0 Å². The molecule has 0 spiro atoms. The molecule has 1 aliphatic heterocycles. The monoisotopic (exact) mass is 374 g/mol. The third-order valence-corrected chi connectivity index (χ3v) is 3.90. The quantitative estimate of drug-likeness (QED) is 0.769. The van der Waals surface area contributed by atoms with Gasteiger partial charge >= 0.3 is 0 Å². The maximum absolute atomic E-state index is 9.51. The molecular weight excluding hydrogens is 356 g/mol. The van der Waals surface area contributed by atoms with Gasteiger partial charge in [0, 0.05) is 13.0 Å². The lowest BCUT2D eigenvalue weighted by Crippen LogP contribution is -2.05. The zero-order chi connectivity index (χ0) is 15.4. The normalized spacial score (nSPS) is 14.2. The lowest BCUT2D eigenvalue weighted by molar-refractivity contribution is 0.415. The number of ether oxygens (including phenoxy) is 1. The molecule has 0 radical (unpaired) electrons. The number of aromatic nitrogens is 3. The minimum absolute atomic E-state index is 0. The van der Waals surface area contributed by atoms with Crippen LogP contribution in [0.3, 0.4) is 0 Å². The second-order valence-corrected chi connectivity index (χ2v) is 5.35. The summed E-state index contributed by atoms with van der Waals surface area (Å²) in [5.74, 6) is 2.46. The Morgan fingerprint density at radius 2 is 2.00 bits per heavy atom. The summed E-state index contributed by atoms with van der Waals surface area (Å²) < 4.78 is 7.24. The van der Waals surface area contributed by atoms with E-state index in [2.05, 4.69) is 20.8 Å². The zero-order valence-corrected chi connectivity index (χ0v) is 14.7. The van der Waals surface area contributed by atoms with E-state index in [-0.39, 0.29) is 17.0 Å². The molecule has 0 saturated heterocycles. The maximum atomic E-state index is 9.51. The lowest BCUT2D eigenvalue weighted by Gasteiger charge is -2.06. The minimum atomic E-state index is 0. The molecule has 23 heavy (non-hydrogen) atoms. The van der Waals surface area contributed by atoms with Crippen molar-refractivity contribution in [1.29, 1.82) is 5.26 Å². The van der Waals surface area contributed by atoms with Gasteiger partial charge < -0.3 is 9.30 Å². The number of allylic oxidation sites excluding steroid dienone is 1. The standard InChI is InChI=1S/C17H18N4O.BrH/c1-22-15-8-6-13(7-9-15)11-14(12-18)17-20-19-16-5-3-2-4-10-21(16)17;/h6-9,11H,2-5,10H2,1H3;1H. The largest absolute Gasteiger partial charge is 0.497 e. The molecular formula is C17H19BrN4O. The van der Waals surface area contributed by atoms with E-state index in [4.69, 9.17) is 4.74 Å². The molecule has 5 nitrogen and oxygen atoms in total. The van der Waals surface area contributed by atoms with Crippen molar-refractivity contribution >= 4 is 28.6 Å². The van der Waals surface area contributed by atoms with Crippen LogP contribution >= 0.6 is 17.0 Å². The minimum Gasteiger partial charge on any atom is -0.497 e. The second kappa shape index (κ2) is 7.93. The lowest BCUT2D eigenvalue weighted by atomic mass is 10.1. The van der Waals surface area contributed by atoms with Gasteiger partial charge in [-0.1, -0.05) is 18.6 Å². The number of hydrogen-bond acceptors (Lipinski definition) is 4. The first-order valence-corrected chi connectivity index (χ1v) is 7.50. The Morgan fingerprint density at radius 3 is 2.70 bits per heavy atom. The van der Waals surface area contributed by atoms with E-state index in [9.17, 15) is 5.26 Å². The fourth-order valence-electron chi connectivity index (χ4n) is 2.70. The van der Waals surface area contributed by atoms with Gasteiger partial charge in [-0.05, 0) is 36.6 Å². The van der Waals surface area contributed by atoms with Crippen LogP contribution in [0.4, 0.5) is 0 Å². The summed E-state index contributed by atoms with van der Waals surface area (Å²) in [4.78, 5) is 0. The Hall–Kier alpha value is -2.13. The van der Waals surface area contributed by atoms with Crippen molar-refractivity contribution in [3.8, 4) is 11.8 Å². The predicted molar refractivity (Wildman–Crippen MR) is 94.4 cm³/mol. The fourth-order valence-corrected chi connectivity index (χ4v) is 2.70. The van der Waals surface area contributed by atoms with Crippen LogP contribution in [0.5, 0.6) is 5.75 Å². The van der Waals surface area contributed by atoms with E-state index in [0.717, 1.165) is 42.9 Å². The summed E-state index contributed by atoms with van der Waals surface area (Å²) in [6.07, 6.45) is 6.24. The second-order valence-electron chi connectivity index (χ2n) is 5.35. The topological polar surface area (TPSA) is 63.7 Å². The molecule has 2 heterocycles. The van der Waals surface area contributed by atoms with Crippen molar-refractivity contribution in [2.75, 3.05) is 7.11 Å². The van der Waals surface area contributed by atoms with Crippen LogP contribution in [0.1, 0.15) is 36.5 Å². The summed E-state index contributed by atoms with van der Waals surface area (Å²) in [6, 6.07) is 9.87. The number of hydrogen-bond donors (Lipinski definition) is 0. The van der Waals surface area contributed by atoms with Gasteiger partial charge in [-0.15, -0.1) is 27.2 Å². The molecule has 0 bridgehead atoms. The van der Waals surface area contributed by atoms with Gasteiger partial charge in [0.1, 0.15) is 17.6 Å². The van der Waals surface area contributed by atoms with Crippen LogP contribution < -0.4 is 4.74 Å². The number of fused-ring (bicyclic) bond motifs is 1. The summed E-state index contributed by atoms with van der Waals surface area (Å²) in [6.45, 7) is 0.888. The Balaban J connectivity index is 0.00000192. The number of nitrogens with zero attached hydrogens (tertiary/aromatic N) is 4. The van der Waals surface area contributed by atoms with Gasteiger partial charge in [0.15, 0.2) is 5.82 Å². The summed E-state index contributed by atoms with van der Waals surface area (Å²) in [5.41, 5.74) is 1.49. The van der Waals surface area contributed by atoms with Crippen molar-refractivity contribution in [1.82, 2.24) is 14.8 Å². The first kappa shape index (κ1) is 17.2. The SMILES string of the molecule is Br.COc1ccc(C=C(C#N)c2nnc3n2CCCCC3)cc1. The van der Waals surface area contributed by atoms with Gasteiger partial charge in [0.2, 0.25) is 0 Å². The van der Waals surface area contributed by atoms with E-state index in [1.54, 1.807) is 7.11 Å². The molecule has 6 heteroatoms. The van der Waals surface area contributed by atoms with Gasteiger partial charge in [-0.3, -0.25) is 0 Å². The zero-order valence-electron chi connectivity index (χ0n) is 13.0.